The number of piperidine rings is 1. The van der Waals surface area contributed by atoms with Crippen molar-refractivity contribution in [3.05, 3.63) is 35.4 Å². The number of carbonyl (C=O) groups excluding carboxylic acids is 2. The summed E-state index contributed by atoms with van der Waals surface area (Å²) in [4.78, 5) is 24.0. The van der Waals surface area contributed by atoms with E-state index in [-0.39, 0.29) is 25.2 Å². The first-order chi connectivity index (χ1) is 8.49. The van der Waals surface area contributed by atoms with Gasteiger partial charge in [0, 0.05) is 19.4 Å². The molecule has 2 rings (SSSR count). The molecule has 96 valence electrons. The van der Waals surface area contributed by atoms with Crippen LogP contribution in [0.5, 0.6) is 0 Å². The largest absolute Gasteiger partial charge is 0.321 e. The number of Topliss-reactive ketones (excluding diaryl/α,β-unsaturated/α-hetero) is 1. The summed E-state index contributed by atoms with van der Waals surface area (Å²) >= 11 is 5.43. The summed E-state index contributed by atoms with van der Waals surface area (Å²) in [6, 6.07) is 2.70. The Balaban J connectivity index is 2.34. The summed E-state index contributed by atoms with van der Waals surface area (Å²) < 4.78 is 26.0. The topological polar surface area (TPSA) is 37.4 Å². The third-order valence-corrected chi connectivity index (χ3v) is 3.20. The molecule has 1 aliphatic heterocycles. The highest BCUT2D eigenvalue weighted by atomic mass is 35.5. The van der Waals surface area contributed by atoms with Gasteiger partial charge in [-0.05, 0) is 29.3 Å². The van der Waals surface area contributed by atoms with Crippen LogP contribution in [0, 0.1) is 11.6 Å². The molecule has 0 spiro atoms. The SMILES string of the molecule is O=C1CCN(C(=O)Cl)C(c2ccc(F)c(F)c2)C1. The molecule has 1 saturated heterocycles. The van der Waals surface area contributed by atoms with Crippen LogP contribution in [0.3, 0.4) is 0 Å². The molecule has 0 radical (unpaired) electrons. The quantitative estimate of drug-likeness (QED) is 0.583. The van der Waals surface area contributed by atoms with E-state index in [0.717, 1.165) is 12.1 Å². The van der Waals surface area contributed by atoms with Crippen molar-refractivity contribution in [2.75, 3.05) is 6.54 Å². The van der Waals surface area contributed by atoms with Crippen LogP contribution in [0.1, 0.15) is 24.4 Å². The number of amides is 1. The van der Waals surface area contributed by atoms with Gasteiger partial charge in [0.15, 0.2) is 11.6 Å². The minimum Gasteiger partial charge on any atom is -0.321 e. The number of halogens is 3. The van der Waals surface area contributed by atoms with Crippen LogP contribution in [0.2, 0.25) is 0 Å². The monoisotopic (exact) mass is 273 g/mol. The van der Waals surface area contributed by atoms with Crippen LogP contribution in [-0.4, -0.2) is 22.6 Å². The van der Waals surface area contributed by atoms with Gasteiger partial charge in [-0.2, -0.15) is 0 Å². The Labute approximate surface area is 107 Å². The molecule has 6 heteroatoms. The number of hydrogen-bond donors (Lipinski definition) is 0. The van der Waals surface area contributed by atoms with Crippen LogP contribution in [0.15, 0.2) is 18.2 Å². The fourth-order valence-electron chi connectivity index (χ4n) is 2.06. The van der Waals surface area contributed by atoms with Gasteiger partial charge in [0.1, 0.15) is 5.78 Å². The normalized spacial score (nSPS) is 20.1. The number of likely N-dealkylation sites (tertiary alicyclic amines) is 1. The van der Waals surface area contributed by atoms with E-state index in [1.165, 1.54) is 11.0 Å². The highest BCUT2D eigenvalue weighted by Crippen LogP contribution is 2.31. The minimum atomic E-state index is -1.01. The first-order valence-corrected chi connectivity index (χ1v) is 5.79. The van der Waals surface area contributed by atoms with Crippen molar-refractivity contribution in [2.24, 2.45) is 0 Å². The van der Waals surface area contributed by atoms with Gasteiger partial charge in [0.05, 0.1) is 6.04 Å². The zero-order valence-corrected chi connectivity index (χ0v) is 10.1. The van der Waals surface area contributed by atoms with Crippen LogP contribution in [0.25, 0.3) is 0 Å². The number of rotatable bonds is 1. The van der Waals surface area contributed by atoms with E-state index < -0.39 is 23.0 Å². The molecule has 1 atom stereocenters. The Morgan fingerprint density at radius 3 is 2.67 bits per heavy atom. The van der Waals surface area contributed by atoms with Crippen molar-refractivity contribution in [1.82, 2.24) is 4.90 Å². The van der Waals surface area contributed by atoms with Gasteiger partial charge in [0.2, 0.25) is 0 Å². The fraction of sp³-hybridized carbons (Fsp3) is 0.333. The van der Waals surface area contributed by atoms with E-state index in [4.69, 9.17) is 11.6 Å². The van der Waals surface area contributed by atoms with Gasteiger partial charge in [-0.3, -0.25) is 9.59 Å². The molecule has 1 fully saturated rings. The van der Waals surface area contributed by atoms with Crippen molar-refractivity contribution >= 4 is 22.8 Å². The van der Waals surface area contributed by atoms with Crippen molar-refractivity contribution in [2.45, 2.75) is 18.9 Å². The maximum absolute atomic E-state index is 13.2. The number of hydrogen-bond acceptors (Lipinski definition) is 2. The van der Waals surface area contributed by atoms with Crippen molar-refractivity contribution < 1.29 is 18.4 Å². The molecule has 3 nitrogen and oxygen atoms in total. The maximum Gasteiger partial charge on any atom is 0.316 e. The number of nitrogens with zero attached hydrogens (tertiary/aromatic N) is 1. The van der Waals surface area contributed by atoms with E-state index in [1.54, 1.807) is 0 Å². The molecule has 0 bridgehead atoms. The summed E-state index contributed by atoms with van der Waals surface area (Å²) in [6.07, 6.45) is 0.308. The predicted molar refractivity (Wildman–Crippen MR) is 61.3 cm³/mol. The third kappa shape index (κ3) is 2.51. The molecule has 1 aliphatic rings. The summed E-state index contributed by atoms with van der Waals surface area (Å²) in [6.45, 7) is 0.199. The van der Waals surface area contributed by atoms with Crippen molar-refractivity contribution in [3.63, 3.8) is 0 Å². The smallest absolute Gasteiger partial charge is 0.316 e. The first kappa shape index (κ1) is 13.0. The van der Waals surface area contributed by atoms with Crippen LogP contribution >= 0.6 is 11.6 Å². The van der Waals surface area contributed by atoms with Gasteiger partial charge in [-0.1, -0.05) is 6.07 Å². The Morgan fingerprint density at radius 1 is 1.33 bits per heavy atom. The molecule has 0 aromatic heterocycles. The van der Waals surface area contributed by atoms with Crippen LogP contribution in [0.4, 0.5) is 13.6 Å². The Hall–Kier alpha value is -1.49. The third-order valence-electron chi connectivity index (χ3n) is 2.98. The molecule has 1 amide bonds. The summed E-state index contributed by atoms with van der Waals surface area (Å²) in [5.41, 5.74) is 0.371. The van der Waals surface area contributed by atoms with Gasteiger partial charge >= 0.3 is 5.37 Å². The standard InChI is InChI=1S/C12H10ClF2NO2/c13-12(18)16-4-3-8(17)6-11(16)7-1-2-9(14)10(15)5-7/h1-2,5,11H,3-4,6H2. The minimum absolute atomic E-state index is 0.0288. The molecular formula is C12H10ClF2NO2. The number of carbonyl (C=O) groups is 2. The molecular weight excluding hydrogens is 264 g/mol. The van der Waals surface area contributed by atoms with E-state index in [1.807, 2.05) is 0 Å². The highest BCUT2D eigenvalue weighted by Gasteiger charge is 2.31. The van der Waals surface area contributed by atoms with Crippen LogP contribution in [-0.2, 0) is 4.79 Å². The Kier molecular flexibility index (Phi) is 3.61. The lowest BCUT2D eigenvalue weighted by Crippen LogP contribution is -2.38. The lowest BCUT2D eigenvalue weighted by molar-refractivity contribution is -0.122. The second-order valence-corrected chi connectivity index (χ2v) is 4.45. The molecule has 0 aliphatic carbocycles. The van der Waals surface area contributed by atoms with Crippen LogP contribution < -0.4 is 0 Å². The highest BCUT2D eigenvalue weighted by molar-refractivity contribution is 6.62. The van der Waals surface area contributed by atoms with Crippen molar-refractivity contribution in [1.29, 1.82) is 0 Å². The zero-order chi connectivity index (χ0) is 13.3. The van der Waals surface area contributed by atoms with E-state index in [2.05, 4.69) is 0 Å². The number of ketones is 1. The lowest BCUT2D eigenvalue weighted by Gasteiger charge is -2.33. The molecule has 1 unspecified atom stereocenters. The molecule has 1 heterocycles. The molecule has 1 aromatic carbocycles. The second kappa shape index (κ2) is 5.02. The molecule has 0 N–H and O–H groups in total. The zero-order valence-electron chi connectivity index (χ0n) is 9.33. The molecule has 18 heavy (non-hydrogen) atoms. The summed E-state index contributed by atoms with van der Waals surface area (Å²) in [7, 11) is 0. The first-order valence-electron chi connectivity index (χ1n) is 5.42. The second-order valence-electron chi connectivity index (χ2n) is 4.13. The van der Waals surface area contributed by atoms with E-state index in [9.17, 15) is 18.4 Å². The Bertz CT molecular complexity index is 507. The van der Waals surface area contributed by atoms with E-state index in [0.29, 0.717) is 5.56 Å². The summed E-state index contributed by atoms with van der Waals surface area (Å²) in [5.74, 6) is -2.00. The Morgan fingerprint density at radius 2 is 2.06 bits per heavy atom. The van der Waals surface area contributed by atoms with Gasteiger partial charge in [0.25, 0.3) is 0 Å². The average Bonchev–Trinajstić information content (AvgIpc) is 2.32. The van der Waals surface area contributed by atoms with Crippen molar-refractivity contribution in [3.8, 4) is 0 Å². The van der Waals surface area contributed by atoms with E-state index >= 15 is 0 Å². The average molecular weight is 274 g/mol. The molecule has 1 aromatic rings. The summed E-state index contributed by atoms with van der Waals surface area (Å²) in [5, 5.41) is -0.697. The molecule has 0 saturated carbocycles. The number of benzene rings is 1. The van der Waals surface area contributed by atoms with Gasteiger partial charge in [-0.15, -0.1) is 0 Å². The lowest BCUT2D eigenvalue weighted by atomic mass is 9.95. The fourth-order valence-corrected chi connectivity index (χ4v) is 2.26. The van der Waals surface area contributed by atoms with Gasteiger partial charge in [-0.25, -0.2) is 8.78 Å². The van der Waals surface area contributed by atoms with Gasteiger partial charge < -0.3 is 4.90 Å². The maximum atomic E-state index is 13.2. The predicted octanol–water partition coefficient (Wildman–Crippen LogP) is 3.03.